The Kier molecular flexibility index (Phi) is 3.62. The predicted octanol–water partition coefficient (Wildman–Crippen LogP) is 2.70. The second kappa shape index (κ2) is 5.18. The SMILES string of the molecule is Cc1cc(NC(=O)c2ccc(=O)[nH]c2)ccc1Br. The molecule has 0 spiro atoms. The van der Waals surface area contributed by atoms with E-state index in [4.69, 9.17) is 0 Å². The van der Waals surface area contributed by atoms with E-state index in [9.17, 15) is 9.59 Å². The summed E-state index contributed by atoms with van der Waals surface area (Å²) >= 11 is 3.40. The zero-order chi connectivity index (χ0) is 13.1. The van der Waals surface area contributed by atoms with E-state index in [1.807, 2.05) is 19.1 Å². The van der Waals surface area contributed by atoms with Crippen molar-refractivity contribution in [2.24, 2.45) is 0 Å². The van der Waals surface area contributed by atoms with Crippen LogP contribution < -0.4 is 10.9 Å². The van der Waals surface area contributed by atoms with Crippen molar-refractivity contribution >= 4 is 27.5 Å². The zero-order valence-corrected chi connectivity index (χ0v) is 11.2. The summed E-state index contributed by atoms with van der Waals surface area (Å²) in [4.78, 5) is 25.2. The predicted molar refractivity (Wildman–Crippen MR) is 73.9 cm³/mol. The number of rotatable bonds is 2. The molecule has 0 fully saturated rings. The lowest BCUT2D eigenvalue weighted by Crippen LogP contribution is -2.14. The second-order valence-electron chi connectivity index (χ2n) is 3.86. The Bertz CT molecular complexity index is 629. The summed E-state index contributed by atoms with van der Waals surface area (Å²) in [6, 6.07) is 8.35. The zero-order valence-electron chi connectivity index (χ0n) is 9.66. The summed E-state index contributed by atoms with van der Waals surface area (Å²) in [5.41, 5.74) is 1.93. The summed E-state index contributed by atoms with van der Waals surface area (Å²) < 4.78 is 0.990. The normalized spacial score (nSPS) is 10.1. The number of amides is 1. The topological polar surface area (TPSA) is 62.0 Å². The number of pyridine rings is 1. The fourth-order valence-electron chi connectivity index (χ4n) is 1.48. The molecule has 0 atom stereocenters. The highest BCUT2D eigenvalue weighted by Gasteiger charge is 2.06. The van der Waals surface area contributed by atoms with Gasteiger partial charge in [0.2, 0.25) is 5.56 Å². The van der Waals surface area contributed by atoms with E-state index in [2.05, 4.69) is 26.2 Å². The number of hydrogen-bond donors (Lipinski definition) is 2. The third-order valence-corrected chi connectivity index (χ3v) is 3.35. The highest BCUT2D eigenvalue weighted by atomic mass is 79.9. The molecule has 1 aromatic heterocycles. The maximum atomic E-state index is 11.9. The number of hydrogen-bond acceptors (Lipinski definition) is 2. The number of aromatic nitrogens is 1. The molecule has 1 heterocycles. The summed E-state index contributed by atoms with van der Waals surface area (Å²) in [5, 5.41) is 2.76. The van der Waals surface area contributed by atoms with Crippen LogP contribution in [-0.2, 0) is 0 Å². The highest BCUT2D eigenvalue weighted by Crippen LogP contribution is 2.20. The number of carbonyl (C=O) groups excluding carboxylic acids is 1. The summed E-state index contributed by atoms with van der Waals surface area (Å²) in [6.07, 6.45) is 1.39. The second-order valence-corrected chi connectivity index (χ2v) is 4.71. The Balaban J connectivity index is 2.18. The standard InChI is InChI=1S/C13H11BrN2O2/c1-8-6-10(3-4-11(8)14)16-13(18)9-2-5-12(17)15-7-9/h2-7H,1H3,(H,15,17)(H,16,18). The number of H-pyrrole nitrogens is 1. The van der Waals surface area contributed by atoms with Gasteiger partial charge in [-0.05, 0) is 36.8 Å². The molecule has 1 amide bonds. The molecule has 0 saturated heterocycles. The number of halogens is 1. The minimum Gasteiger partial charge on any atom is -0.328 e. The number of aromatic amines is 1. The van der Waals surface area contributed by atoms with Crippen LogP contribution in [0.2, 0.25) is 0 Å². The van der Waals surface area contributed by atoms with Crippen LogP contribution in [0.3, 0.4) is 0 Å². The van der Waals surface area contributed by atoms with Crippen molar-refractivity contribution in [3.63, 3.8) is 0 Å². The Morgan fingerprint density at radius 3 is 2.67 bits per heavy atom. The van der Waals surface area contributed by atoms with Crippen molar-refractivity contribution in [2.75, 3.05) is 5.32 Å². The van der Waals surface area contributed by atoms with Crippen molar-refractivity contribution in [1.29, 1.82) is 0 Å². The van der Waals surface area contributed by atoms with Crippen LogP contribution in [0.4, 0.5) is 5.69 Å². The van der Waals surface area contributed by atoms with Crippen LogP contribution in [0.1, 0.15) is 15.9 Å². The number of anilines is 1. The van der Waals surface area contributed by atoms with E-state index >= 15 is 0 Å². The van der Waals surface area contributed by atoms with Gasteiger partial charge < -0.3 is 10.3 Å². The van der Waals surface area contributed by atoms with E-state index < -0.39 is 0 Å². The summed E-state index contributed by atoms with van der Waals surface area (Å²) in [7, 11) is 0. The Labute approximate surface area is 112 Å². The van der Waals surface area contributed by atoms with E-state index in [1.54, 1.807) is 6.07 Å². The first-order valence-corrected chi connectivity index (χ1v) is 6.12. The molecule has 92 valence electrons. The summed E-state index contributed by atoms with van der Waals surface area (Å²) in [6.45, 7) is 1.94. The molecule has 0 unspecified atom stereocenters. The fourth-order valence-corrected chi connectivity index (χ4v) is 1.72. The molecular weight excluding hydrogens is 296 g/mol. The largest absolute Gasteiger partial charge is 0.328 e. The monoisotopic (exact) mass is 306 g/mol. The Hall–Kier alpha value is -1.88. The molecular formula is C13H11BrN2O2. The lowest BCUT2D eigenvalue weighted by molar-refractivity contribution is 0.102. The highest BCUT2D eigenvalue weighted by molar-refractivity contribution is 9.10. The first-order chi connectivity index (χ1) is 8.56. The van der Waals surface area contributed by atoms with E-state index in [-0.39, 0.29) is 11.5 Å². The molecule has 2 rings (SSSR count). The molecule has 18 heavy (non-hydrogen) atoms. The lowest BCUT2D eigenvalue weighted by atomic mass is 10.2. The van der Waals surface area contributed by atoms with Gasteiger partial charge in [0.15, 0.2) is 0 Å². The van der Waals surface area contributed by atoms with Crippen LogP contribution in [0.5, 0.6) is 0 Å². The van der Waals surface area contributed by atoms with Crippen molar-refractivity contribution in [1.82, 2.24) is 4.98 Å². The number of aryl methyl sites for hydroxylation is 1. The minimum atomic E-state index is -0.257. The van der Waals surface area contributed by atoms with Crippen LogP contribution in [0.25, 0.3) is 0 Å². The van der Waals surface area contributed by atoms with Crippen molar-refractivity contribution in [3.8, 4) is 0 Å². The van der Waals surface area contributed by atoms with Crippen molar-refractivity contribution in [2.45, 2.75) is 6.92 Å². The van der Waals surface area contributed by atoms with Crippen LogP contribution in [0.15, 0.2) is 45.8 Å². The molecule has 2 aromatic rings. The number of nitrogens with one attached hydrogen (secondary N) is 2. The maximum Gasteiger partial charge on any atom is 0.257 e. The molecule has 1 aromatic carbocycles. The molecule has 2 N–H and O–H groups in total. The third-order valence-electron chi connectivity index (χ3n) is 2.46. The molecule has 0 radical (unpaired) electrons. The lowest BCUT2D eigenvalue weighted by Gasteiger charge is -2.06. The van der Waals surface area contributed by atoms with Gasteiger partial charge in [0.05, 0.1) is 5.56 Å². The number of carbonyl (C=O) groups is 1. The fraction of sp³-hybridized carbons (Fsp3) is 0.0769. The van der Waals surface area contributed by atoms with Crippen LogP contribution in [0, 0.1) is 6.92 Å². The van der Waals surface area contributed by atoms with Gasteiger partial charge in [-0.25, -0.2) is 0 Å². The molecule has 5 heteroatoms. The van der Waals surface area contributed by atoms with Gasteiger partial charge in [-0.3, -0.25) is 9.59 Å². The maximum absolute atomic E-state index is 11.9. The van der Waals surface area contributed by atoms with Gasteiger partial charge >= 0.3 is 0 Å². The Morgan fingerprint density at radius 2 is 2.06 bits per heavy atom. The first-order valence-electron chi connectivity index (χ1n) is 5.32. The van der Waals surface area contributed by atoms with Gasteiger partial charge in [0.1, 0.15) is 0 Å². The van der Waals surface area contributed by atoms with Gasteiger partial charge in [-0.15, -0.1) is 0 Å². The van der Waals surface area contributed by atoms with E-state index in [0.717, 1.165) is 10.0 Å². The van der Waals surface area contributed by atoms with Crippen molar-refractivity contribution in [3.05, 3.63) is 62.5 Å². The Morgan fingerprint density at radius 1 is 1.28 bits per heavy atom. The molecule has 0 aliphatic heterocycles. The van der Waals surface area contributed by atoms with Crippen LogP contribution >= 0.6 is 15.9 Å². The van der Waals surface area contributed by atoms with E-state index in [0.29, 0.717) is 11.3 Å². The van der Waals surface area contributed by atoms with E-state index in [1.165, 1.54) is 18.3 Å². The smallest absolute Gasteiger partial charge is 0.257 e. The molecule has 0 aliphatic rings. The quantitative estimate of drug-likeness (QED) is 0.896. The third kappa shape index (κ3) is 2.87. The van der Waals surface area contributed by atoms with Crippen LogP contribution in [-0.4, -0.2) is 10.9 Å². The number of benzene rings is 1. The minimum absolute atomic E-state index is 0.231. The van der Waals surface area contributed by atoms with Gasteiger partial charge in [-0.2, -0.15) is 0 Å². The van der Waals surface area contributed by atoms with Crippen molar-refractivity contribution < 1.29 is 4.79 Å². The molecule has 4 nitrogen and oxygen atoms in total. The average molecular weight is 307 g/mol. The van der Waals surface area contributed by atoms with Gasteiger partial charge in [-0.1, -0.05) is 15.9 Å². The summed E-state index contributed by atoms with van der Waals surface area (Å²) in [5.74, 6) is -0.257. The molecule has 0 bridgehead atoms. The first kappa shape index (κ1) is 12.6. The van der Waals surface area contributed by atoms with Gasteiger partial charge in [0, 0.05) is 22.4 Å². The average Bonchev–Trinajstić information content (AvgIpc) is 2.34. The molecule has 0 aliphatic carbocycles. The molecule has 0 saturated carbocycles. The van der Waals surface area contributed by atoms with Gasteiger partial charge in [0.25, 0.3) is 5.91 Å².